The lowest BCUT2D eigenvalue weighted by molar-refractivity contribution is 0.102. The normalized spacial score (nSPS) is 10.1. The van der Waals surface area contributed by atoms with Crippen molar-refractivity contribution in [3.63, 3.8) is 0 Å². The minimum absolute atomic E-state index is 0.251. The molecule has 1 amide bonds. The summed E-state index contributed by atoms with van der Waals surface area (Å²) in [4.78, 5) is 12.1. The van der Waals surface area contributed by atoms with E-state index in [1.165, 1.54) is 24.3 Å². The zero-order valence-corrected chi connectivity index (χ0v) is 11.2. The highest BCUT2D eigenvalue weighted by atomic mass is 19.1. The van der Waals surface area contributed by atoms with E-state index in [2.05, 4.69) is 5.32 Å². The summed E-state index contributed by atoms with van der Waals surface area (Å²) in [5.41, 5.74) is 1.05. The minimum Gasteiger partial charge on any atom is -0.494 e. The summed E-state index contributed by atoms with van der Waals surface area (Å²) in [6, 6.07) is 12.6. The number of anilines is 1. The number of carbonyl (C=O) groups is 1. The molecular formula is C16H16FNO2. The Morgan fingerprint density at radius 2 is 1.95 bits per heavy atom. The average molecular weight is 273 g/mol. The number of ether oxygens (including phenoxy) is 1. The van der Waals surface area contributed by atoms with Gasteiger partial charge in [0, 0.05) is 11.3 Å². The van der Waals surface area contributed by atoms with Gasteiger partial charge in [0.25, 0.3) is 5.91 Å². The van der Waals surface area contributed by atoms with E-state index in [0.717, 1.165) is 6.42 Å². The van der Waals surface area contributed by atoms with E-state index in [9.17, 15) is 9.18 Å². The van der Waals surface area contributed by atoms with Crippen molar-refractivity contribution in [1.29, 1.82) is 0 Å². The molecule has 2 aromatic rings. The quantitative estimate of drug-likeness (QED) is 0.898. The van der Waals surface area contributed by atoms with E-state index >= 15 is 0 Å². The summed E-state index contributed by atoms with van der Waals surface area (Å²) in [7, 11) is 0. The molecular weight excluding hydrogens is 257 g/mol. The second-order valence-corrected chi connectivity index (χ2v) is 4.34. The molecule has 0 saturated carbocycles. The van der Waals surface area contributed by atoms with Crippen LogP contribution in [0.1, 0.15) is 23.7 Å². The molecule has 0 atom stereocenters. The number of hydrogen-bond acceptors (Lipinski definition) is 2. The van der Waals surface area contributed by atoms with Gasteiger partial charge in [0.15, 0.2) is 0 Å². The van der Waals surface area contributed by atoms with Crippen LogP contribution in [0.15, 0.2) is 48.5 Å². The topological polar surface area (TPSA) is 38.3 Å². The van der Waals surface area contributed by atoms with Crippen LogP contribution < -0.4 is 10.1 Å². The van der Waals surface area contributed by atoms with E-state index in [0.29, 0.717) is 23.6 Å². The summed E-state index contributed by atoms with van der Waals surface area (Å²) in [6.07, 6.45) is 0.909. The van der Waals surface area contributed by atoms with Gasteiger partial charge in [-0.1, -0.05) is 13.0 Å². The van der Waals surface area contributed by atoms with Crippen LogP contribution in [0.4, 0.5) is 10.1 Å². The largest absolute Gasteiger partial charge is 0.494 e. The number of hydrogen-bond donors (Lipinski definition) is 1. The molecule has 3 nitrogen and oxygen atoms in total. The first-order chi connectivity index (χ1) is 9.69. The molecule has 0 fully saturated rings. The third-order valence-corrected chi connectivity index (χ3v) is 2.67. The predicted octanol–water partition coefficient (Wildman–Crippen LogP) is 3.87. The second-order valence-electron chi connectivity index (χ2n) is 4.34. The molecule has 0 aromatic heterocycles. The molecule has 104 valence electrons. The van der Waals surface area contributed by atoms with Gasteiger partial charge < -0.3 is 10.1 Å². The van der Waals surface area contributed by atoms with Crippen molar-refractivity contribution < 1.29 is 13.9 Å². The summed E-state index contributed by atoms with van der Waals surface area (Å²) in [6.45, 7) is 2.63. The molecule has 0 radical (unpaired) electrons. The first-order valence-corrected chi connectivity index (χ1v) is 6.49. The predicted molar refractivity (Wildman–Crippen MR) is 76.6 cm³/mol. The van der Waals surface area contributed by atoms with Crippen LogP contribution in [0, 0.1) is 5.82 Å². The van der Waals surface area contributed by atoms with E-state index in [1.807, 2.05) is 13.0 Å². The van der Waals surface area contributed by atoms with Crippen molar-refractivity contribution in [1.82, 2.24) is 0 Å². The summed E-state index contributed by atoms with van der Waals surface area (Å²) >= 11 is 0. The molecule has 0 unspecified atom stereocenters. The number of rotatable bonds is 5. The van der Waals surface area contributed by atoms with Crippen molar-refractivity contribution in [3.8, 4) is 5.75 Å². The number of halogens is 1. The fourth-order valence-corrected chi connectivity index (χ4v) is 1.68. The molecule has 0 aliphatic rings. The lowest BCUT2D eigenvalue weighted by atomic mass is 10.2. The van der Waals surface area contributed by atoms with E-state index in [4.69, 9.17) is 4.74 Å². The Hall–Kier alpha value is -2.36. The van der Waals surface area contributed by atoms with Gasteiger partial charge in [-0.25, -0.2) is 4.39 Å². The Balaban J connectivity index is 2.06. The van der Waals surface area contributed by atoms with Gasteiger partial charge >= 0.3 is 0 Å². The highest BCUT2D eigenvalue weighted by Crippen LogP contribution is 2.16. The summed E-state index contributed by atoms with van der Waals surface area (Å²) in [5, 5.41) is 2.71. The molecule has 1 N–H and O–H groups in total. The van der Waals surface area contributed by atoms with Gasteiger partial charge in [-0.15, -0.1) is 0 Å². The smallest absolute Gasteiger partial charge is 0.255 e. The van der Waals surface area contributed by atoms with E-state index in [-0.39, 0.29) is 11.7 Å². The lowest BCUT2D eigenvalue weighted by Gasteiger charge is -2.08. The van der Waals surface area contributed by atoms with Crippen molar-refractivity contribution in [2.24, 2.45) is 0 Å². The van der Waals surface area contributed by atoms with Crippen LogP contribution in [0.25, 0.3) is 0 Å². The van der Waals surface area contributed by atoms with Gasteiger partial charge in [-0.2, -0.15) is 0 Å². The summed E-state index contributed by atoms with van der Waals surface area (Å²) < 4.78 is 18.3. The fraction of sp³-hybridized carbons (Fsp3) is 0.188. The minimum atomic E-state index is -0.335. The van der Waals surface area contributed by atoms with Crippen LogP contribution >= 0.6 is 0 Å². The maximum absolute atomic E-state index is 12.8. The van der Waals surface area contributed by atoms with Gasteiger partial charge in [0.05, 0.1) is 6.61 Å². The molecule has 2 aromatic carbocycles. The second kappa shape index (κ2) is 6.70. The fourth-order valence-electron chi connectivity index (χ4n) is 1.68. The SMILES string of the molecule is CCCOc1cccc(C(=O)Nc2ccc(F)cc2)c1. The number of amides is 1. The molecule has 0 aliphatic heterocycles. The Labute approximate surface area is 117 Å². The molecule has 0 heterocycles. The Morgan fingerprint density at radius 3 is 2.65 bits per heavy atom. The first kappa shape index (κ1) is 14.1. The number of nitrogens with one attached hydrogen (secondary N) is 1. The van der Waals surface area contributed by atoms with Crippen LogP contribution in [0.3, 0.4) is 0 Å². The number of benzene rings is 2. The first-order valence-electron chi connectivity index (χ1n) is 6.49. The van der Waals surface area contributed by atoms with E-state index in [1.54, 1.807) is 18.2 Å². The monoisotopic (exact) mass is 273 g/mol. The highest BCUT2D eigenvalue weighted by Gasteiger charge is 2.07. The zero-order valence-electron chi connectivity index (χ0n) is 11.2. The standard InChI is InChI=1S/C16H16FNO2/c1-2-10-20-15-5-3-4-12(11-15)16(19)18-14-8-6-13(17)7-9-14/h3-9,11H,2,10H2,1H3,(H,18,19). The van der Waals surface area contributed by atoms with Gasteiger partial charge in [0.1, 0.15) is 11.6 Å². The average Bonchev–Trinajstić information content (AvgIpc) is 2.48. The molecule has 0 saturated heterocycles. The van der Waals surface area contributed by atoms with Crippen LogP contribution in [-0.2, 0) is 0 Å². The van der Waals surface area contributed by atoms with Crippen LogP contribution in [-0.4, -0.2) is 12.5 Å². The maximum Gasteiger partial charge on any atom is 0.255 e. The third kappa shape index (κ3) is 3.82. The number of carbonyl (C=O) groups excluding carboxylic acids is 1. The molecule has 0 aliphatic carbocycles. The summed E-state index contributed by atoms with van der Waals surface area (Å²) in [5.74, 6) is 0.0788. The maximum atomic E-state index is 12.8. The lowest BCUT2D eigenvalue weighted by Crippen LogP contribution is -2.12. The van der Waals surface area contributed by atoms with E-state index < -0.39 is 0 Å². The Bertz CT molecular complexity index is 581. The van der Waals surface area contributed by atoms with Crippen LogP contribution in [0.2, 0.25) is 0 Å². The van der Waals surface area contributed by atoms with Crippen molar-refractivity contribution in [2.75, 3.05) is 11.9 Å². The molecule has 0 spiro atoms. The van der Waals surface area contributed by atoms with Gasteiger partial charge in [-0.05, 0) is 48.9 Å². The highest BCUT2D eigenvalue weighted by molar-refractivity contribution is 6.04. The zero-order chi connectivity index (χ0) is 14.4. The third-order valence-electron chi connectivity index (χ3n) is 2.67. The van der Waals surface area contributed by atoms with Crippen molar-refractivity contribution >= 4 is 11.6 Å². The molecule has 20 heavy (non-hydrogen) atoms. The van der Waals surface area contributed by atoms with Gasteiger partial charge in [0.2, 0.25) is 0 Å². The molecule has 2 rings (SSSR count). The molecule has 0 bridgehead atoms. The Kier molecular flexibility index (Phi) is 4.71. The Morgan fingerprint density at radius 1 is 1.20 bits per heavy atom. The van der Waals surface area contributed by atoms with Crippen molar-refractivity contribution in [3.05, 3.63) is 59.9 Å². The van der Waals surface area contributed by atoms with Gasteiger partial charge in [-0.3, -0.25) is 4.79 Å². The van der Waals surface area contributed by atoms with Crippen LogP contribution in [0.5, 0.6) is 5.75 Å². The van der Waals surface area contributed by atoms with Crippen molar-refractivity contribution in [2.45, 2.75) is 13.3 Å². The molecule has 4 heteroatoms.